The molecule has 0 bridgehead atoms. The Hall–Kier alpha value is -2.37. The molecule has 0 saturated carbocycles. The number of hydrogen-bond acceptors (Lipinski definition) is 8. The van der Waals surface area contributed by atoms with Gasteiger partial charge < -0.3 is 46.7 Å². The van der Waals surface area contributed by atoms with Gasteiger partial charge in [0.25, 0.3) is 0 Å². The molecule has 0 aliphatic carbocycles. The molecule has 0 spiro atoms. The number of ether oxygens (including phenoxy) is 1. The molecule has 1 heterocycles. The third-order valence-corrected chi connectivity index (χ3v) is 3.56. The predicted molar refractivity (Wildman–Crippen MR) is 83.4 cm³/mol. The fourth-order valence-corrected chi connectivity index (χ4v) is 2.23. The number of aliphatic hydroxyl groups is 3. The van der Waals surface area contributed by atoms with Gasteiger partial charge in [0, 0.05) is 5.92 Å². The van der Waals surface area contributed by atoms with E-state index in [1.54, 1.807) is 13.8 Å². The molecular weight excluding hydrogens is 336 g/mol. The Bertz CT molecular complexity index is 559. The van der Waals surface area contributed by atoms with Crippen LogP contribution in [0.15, 0.2) is 16.8 Å². The number of aliphatic carboxylic acids is 1. The minimum absolute atomic E-state index is 0.388. The van der Waals surface area contributed by atoms with Crippen molar-refractivity contribution in [3.05, 3.63) is 11.8 Å². The number of nitrogens with one attached hydrogen (secondary N) is 1. The maximum Gasteiger partial charge on any atom is 0.222 e. The van der Waals surface area contributed by atoms with E-state index < -0.39 is 60.6 Å². The second-order valence-corrected chi connectivity index (χ2v) is 5.87. The van der Waals surface area contributed by atoms with E-state index in [0.717, 1.165) is 6.08 Å². The van der Waals surface area contributed by atoms with Gasteiger partial charge in [0.15, 0.2) is 5.96 Å². The summed E-state index contributed by atoms with van der Waals surface area (Å²) in [4.78, 5) is 27.0. The number of amides is 1. The minimum Gasteiger partial charge on any atom is -0.542 e. The molecule has 11 heteroatoms. The van der Waals surface area contributed by atoms with Crippen LogP contribution in [0.2, 0.25) is 0 Å². The van der Waals surface area contributed by atoms with Gasteiger partial charge in [-0.25, -0.2) is 4.99 Å². The van der Waals surface area contributed by atoms with E-state index in [-0.39, 0.29) is 5.96 Å². The lowest BCUT2D eigenvalue weighted by Crippen LogP contribution is -2.61. The molecule has 1 aliphatic rings. The lowest BCUT2D eigenvalue weighted by Gasteiger charge is -2.39. The summed E-state index contributed by atoms with van der Waals surface area (Å²) in [5.74, 6) is -3.63. The summed E-state index contributed by atoms with van der Waals surface area (Å²) in [5.41, 5.74) is 10.7. The highest BCUT2D eigenvalue weighted by molar-refractivity contribution is 5.83. The third kappa shape index (κ3) is 5.31. The van der Waals surface area contributed by atoms with Crippen molar-refractivity contribution < 1.29 is 34.8 Å². The Labute approximate surface area is 144 Å². The Kier molecular flexibility index (Phi) is 7.15. The molecule has 1 amide bonds. The highest BCUT2D eigenvalue weighted by atomic mass is 16.5. The first-order valence-corrected chi connectivity index (χ1v) is 7.54. The molecule has 0 aromatic rings. The van der Waals surface area contributed by atoms with E-state index in [1.165, 1.54) is 0 Å². The maximum atomic E-state index is 12.0. The van der Waals surface area contributed by atoms with Crippen molar-refractivity contribution in [1.82, 2.24) is 5.32 Å². The van der Waals surface area contributed by atoms with Gasteiger partial charge in [-0.2, -0.15) is 0 Å². The molecule has 1 rings (SSSR count). The van der Waals surface area contributed by atoms with E-state index in [9.17, 15) is 24.9 Å². The Morgan fingerprint density at radius 2 is 2.00 bits per heavy atom. The number of carboxylic acid groups (broad SMARTS) is 1. The van der Waals surface area contributed by atoms with Crippen LogP contribution >= 0.6 is 0 Å². The summed E-state index contributed by atoms with van der Waals surface area (Å²) in [7, 11) is 0. The van der Waals surface area contributed by atoms with E-state index in [2.05, 4.69) is 10.3 Å². The van der Waals surface area contributed by atoms with Crippen molar-refractivity contribution >= 4 is 17.8 Å². The highest BCUT2D eigenvalue weighted by Gasteiger charge is 2.43. The first-order chi connectivity index (χ1) is 11.6. The van der Waals surface area contributed by atoms with Gasteiger partial charge in [0.05, 0.1) is 18.7 Å². The number of carboxylic acids is 1. The zero-order chi connectivity index (χ0) is 19.3. The number of carbonyl (C=O) groups is 2. The maximum absolute atomic E-state index is 12.0. The number of aliphatic imine (C=N–C) groups is 1. The topological polar surface area (TPSA) is 204 Å². The zero-order valence-corrected chi connectivity index (χ0v) is 13.8. The molecular formula is C14H23N4O7-. The van der Waals surface area contributed by atoms with Gasteiger partial charge >= 0.3 is 0 Å². The molecule has 11 nitrogen and oxygen atoms in total. The summed E-state index contributed by atoms with van der Waals surface area (Å²) in [6.45, 7) is 2.42. The van der Waals surface area contributed by atoms with E-state index in [4.69, 9.17) is 21.3 Å². The number of aliphatic hydroxyl groups excluding tert-OH is 3. The van der Waals surface area contributed by atoms with Crippen LogP contribution in [0.3, 0.4) is 0 Å². The second kappa shape index (κ2) is 8.65. The number of nitrogens with two attached hydrogens (primary N) is 2. The lowest BCUT2D eigenvalue weighted by atomic mass is 9.92. The van der Waals surface area contributed by atoms with E-state index in [0.29, 0.717) is 0 Å². The van der Waals surface area contributed by atoms with Crippen LogP contribution in [-0.2, 0) is 14.3 Å². The van der Waals surface area contributed by atoms with E-state index >= 15 is 0 Å². The summed E-state index contributed by atoms with van der Waals surface area (Å²) in [6.07, 6.45) is -3.81. The van der Waals surface area contributed by atoms with Crippen molar-refractivity contribution in [3.8, 4) is 0 Å². The molecule has 142 valence electrons. The molecule has 8 N–H and O–H groups in total. The van der Waals surface area contributed by atoms with E-state index in [1.807, 2.05) is 0 Å². The van der Waals surface area contributed by atoms with Crippen LogP contribution in [0.4, 0.5) is 0 Å². The van der Waals surface area contributed by atoms with Crippen molar-refractivity contribution in [2.45, 2.75) is 44.2 Å². The van der Waals surface area contributed by atoms with Gasteiger partial charge in [-0.3, -0.25) is 4.79 Å². The Morgan fingerprint density at radius 3 is 2.44 bits per heavy atom. The largest absolute Gasteiger partial charge is 0.542 e. The highest BCUT2D eigenvalue weighted by Crippen LogP contribution is 2.24. The first kappa shape index (κ1) is 20.7. The SMILES string of the molecule is CC(C)C(=O)N[C@H]1[C@H]([C@H](O)[C@H](O)CO)OC(C(=O)[O-])=C[C@@H]1N=C(N)N. The van der Waals surface area contributed by atoms with Crippen molar-refractivity contribution in [3.63, 3.8) is 0 Å². The first-order valence-electron chi connectivity index (χ1n) is 7.54. The molecule has 0 unspecified atom stereocenters. The van der Waals surface area contributed by atoms with Crippen LogP contribution < -0.4 is 21.9 Å². The molecule has 5 atom stereocenters. The van der Waals surface area contributed by atoms with Crippen LogP contribution in [0.5, 0.6) is 0 Å². The average molecular weight is 359 g/mol. The number of nitrogens with zero attached hydrogens (tertiary/aromatic N) is 1. The minimum atomic E-state index is -1.73. The summed E-state index contributed by atoms with van der Waals surface area (Å²) >= 11 is 0. The van der Waals surface area contributed by atoms with Crippen LogP contribution in [-0.4, -0.2) is 70.2 Å². The molecule has 0 aromatic carbocycles. The average Bonchev–Trinajstić information content (AvgIpc) is 2.53. The molecule has 0 saturated heterocycles. The van der Waals surface area contributed by atoms with Gasteiger partial charge in [-0.05, 0) is 6.08 Å². The number of rotatable bonds is 7. The predicted octanol–water partition coefficient (Wildman–Crippen LogP) is -4.48. The molecule has 25 heavy (non-hydrogen) atoms. The fraction of sp³-hybridized carbons (Fsp3) is 0.643. The Balaban J connectivity index is 3.32. The van der Waals surface area contributed by atoms with Gasteiger partial charge in [0.1, 0.15) is 30.0 Å². The van der Waals surface area contributed by atoms with Crippen molar-refractivity contribution in [2.75, 3.05) is 6.61 Å². The smallest absolute Gasteiger partial charge is 0.222 e. The number of guanidine groups is 1. The lowest BCUT2D eigenvalue weighted by molar-refractivity contribution is -0.305. The van der Waals surface area contributed by atoms with Crippen LogP contribution in [0, 0.1) is 5.92 Å². The summed E-state index contributed by atoms with van der Waals surface area (Å²) < 4.78 is 5.15. The van der Waals surface area contributed by atoms with Crippen molar-refractivity contribution in [1.29, 1.82) is 0 Å². The summed E-state index contributed by atoms with van der Waals surface area (Å²) in [6, 6.07) is -2.20. The number of carbonyl (C=O) groups excluding carboxylic acids is 2. The summed E-state index contributed by atoms with van der Waals surface area (Å²) in [5, 5.41) is 42.5. The molecule has 1 aliphatic heterocycles. The van der Waals surface area contributed by atoms with Gasteiger partial charge in [-0.15, -0.1) is 0 Å². The fourth-order valence-electron chi connectivity index (χ4n) is 2.23. The third-order valence-electron chi connectivity index (χ3n) is 3.56. The normalized spacial score (nSPS) is 25.4. The standard InChI is InChI=1S/C14H24N4O7/c1-5(2)12(22)18-9-6(17-14(15)16)3-8(13(23)24)25-11(9)10(21)7(20)4-19/h3,5-7,9-11,19-21H,4H2,1-2H3,(H,18,22)(H,23,24)(H4,15,16,17)/p-1/t6-,7+,9+,10+,11+/m0/s1. The zero-order valence-electron chi connectivity index (χ0n) is 13.8. The number of hydrogen-bond donors (Lipinski definition) is 6. The van der Waals surface area contributed by atoms with Gasteiger partial charge in [0.2, 0.25) is 5.91 Å². The van der Waals surface area contributed by atoms with Crippen LogP contribution in [0.25, 0.3) is 0 Å². The van der Waals surface area contributed by atoms with Crippen LogP contribution in [0.1, 0.15) is 13.8 Å². The van der Waals surface area contributed by atoms with Gasteiger partial charge in [-0.1, -0.05) is 13.8 Å². The van der Waals surface area contributed by atoms with Crippen molar-refractivity contribution in [2.24, 2.45) is 22.4 Å². The molecule has 0 fully saturated rings. The quantitative estimate of drug-likeness (QED) is 0.191. The second-order valence-electron chi connectivity index (χ2n) is 5.87. The monoisotopic (exact) mass is 359 g/mol. The Morgan fingerprint density at radius 1 is 1.40 bits per heavy atom. The molecule has 0 aromatic heterocycles. The molecule has 0 radical (unpaired) electrons.